The van der Waals surface area contributed by atoms with E-state index >= 15 is 0 Å². The lowest BCUT2D eigenvalue weighted by molar-refractivity contribution is 0.194. The predicted molar refractivity (Wildman–Crippen MR) is 84.8 cm³/mol. The first kappa shape index (κ1) is 15.3. The van der Waals surface area contributed by atoms with Crippen LogP contribution in [0.3, 0.4) is 0 Å². The van der Waals surface area contributed by atoms with Crippen LogP contribution in [0.5, 0.6) is 5.75 Å². The summed E-state index contributed by atoms with van der Waals surface area (Å²) in [5.74, 6) is 0.180. The molecular weight excluding hydrogens is 295 g/mol. The van der Waals surface area contributed by atoms with Gasteiger partial charge in [-0.05, 0) is 36.2 Å². The maximum atomic E-state index is 13.9. The first-order chi connectivity index (χ1) is 11.1. The Hall–Kier alpha value is -2.58. The second-order valence-electron chi connectivity index (χ2n) is 5.58. The maximum Gasteiger partial charge on any atom is 0.143 e. The van der Waals surface area contributed by atoms with Crippen LogP contribution in [0.25, 0.3) is 0 Å². The number of nitrogens with zero attached hydrogens (tertiary/aromatic N) is 2. The van der Waals surface area contributed by atoms with E-state index in [1.165, 1.54) is 6.07 Å². The molecule has 1 saturated heterocycles. The fraction of sp³-hybridized carbons (Fsp3) is 0.278. The van der Waals surface area contributed by atoms with Crippen molar-refractivity contribution >= 4 is 5.69 Å². The van der Waals surface area contributed by atoms with Gasteiger partial charge in [0.1, 0.15) is 23.2 Å². The van der Waals surface area contributed by atoms with Gasteiger partial charge >= 0.3 is 0 Å². The van der Waals surface area contributed by atoms with Gasteiger partial charge in [-0.3, -0.25) is 0 Å². The fourth-order valence-corrected chi connectivity index (χ4v) is 3.11. The van der Waals surface area contributed by atoms with Crippen molar-refractivity contribution in [3.05, 3.63) is 59.4 Å². The third-order valence-electron chi connectivity index (χ3n) is 4.17. The second kappa shape index (κ2) is 6.27. The predicted octanol–water partition coefficient (Wildman–Crippen LogP) is 3.02. The molecule has 2 aromatic rings. The van der Waals surface area contributed by atoms with E-state index in [-0.39, 0.29) is 11.6 Å². The van der Waals surface area contributed by atoms with Gasteiger partial charge in [0.15, 0.2) is 0 Å². The average molecular weight is 312 g/mol. The number of methoxy groups -OCH3 is 1. The summed E-state index contributed by atoms with van der Waals surface area (Å²) in [6.45, 7) is 0.361. The van der Waals surface area contributed by atoms with Gasteiger partial charge in [-0.1, -0.05) is 18.2 Å². The Morgan fingerprint density at radius 3 is 2.83 bits per heavy atom. The van der Waals surface area contributed by atoms with Crippen LogP contribution < -0.4 is 9.64 Å². The molecule has 0 aromatic heterocycles. The van der Waals surface area contributed by atoms with E-state index < -0.39 is 11.9 Å². The van der Waals surface area contributed by atoms with Gasteiger partial charge in [-0.15, -0.1) is 0 Å². The van der Waals surface area contributed by atoms with Crippen molar-refractivity contribution in [1.82, 2.24) is 0 Å². The number of ether oxygens (including phenoxy) is 1. The largest absolute Gasteiger partial charge is 0.497 e. The number of β-amino-alcohol motifs (C(OH)–C–C–N with tert-alkyl or cyclic N) is 1. The normalized spacial score (nSPS) is 20.3. The van der Waals surface area contributed by atoms with Gasteiger partial charge in [0.25, 0.3) is 0 Å². The second-order valence-corrected chi connectivity index (χ2v) is 5.58. The van der Waals surface area contributed by atoms with Crippen LogP contribution in [-0.4, -0.2) is 24.9 Å². The molecule has 3 rings (SSSR count). The molecule has 0 amide bonds. The Balaban J connectivity index is 2.04. The summed E-state index contributed by atoms with van der Waals surface area (Å²) in [6, 6.07) is 14.0. The van der Waals surface area contributed by atoms with E-state index in [4.69, 9.17) is 4.74 Å². The van der Waals surface area contributed by atoms with Crippen LogP contribution in [0.2, 0.25) is 0 Å². The van der Waals surface area contributed by atoms with Crippen molar-refractivity contribution in [2.75, 3.05) is 18.6 Å². The van der Waals surface area contributed by atoms with Gasteiger partial charge in [0.2, 0.25) is 0 Å². The summed E-state index contributed by atoms with van der Waals surface area (Å²) < 4.78 is 19.2. The zero-order valence-corrected chi connectivity index (χ0v) is 12.7. The van der Waals surface area contributed by atoms with E-state index in [2.05, 4.69) is 0 Å². The molecule has 23 heavy (non-hydrogen) atoms. The molecule has 0 saturated carbocycles. The lowest BCUT2D eigenvalue weighted by atomic mass is 10.0. The average Bonchev–Trinajstić information content (AvgIpc) is 2.96. The molecule has 0 spiro atoms. The Kier molecular flexibility index (Phi) is 4.18. The van der Waals surface area contributed by atoms with Crippen molar-refractivity contribution in [3.8, 4) is 11.8 Å². The van der Waals surface area contributed by atoms with Crippen LogP contribution in [0.4, 0.5) is 10.1 Å². The molecule has 0 radical (unpaired) electrons. The first-order valence-corrected chi connectivity index (χ1v) is 7.41. The quantitative estimate of drug-likeness (QED) is 0.946. The number of nitriles is 1. The topological polar surface area (TPSA) is 56.5 Å². The highest BCUT2D eigenvalue weighted by atomic mass is 19.1. The highest BCUT2D eigenvalue weighted by Crippen LogP contribution is 2.39. The Bertz CT molecular complexity index is 757. The van der Waals surface area contributed by atoms with Crippen LogP contribution in [0.15, 0.2) is 42.5 Å². The van der Waals surface area contributed by atoms with Gasteiger partial charge < -0.3 is 14.7 Å². The minimum Gasteiger partial charge on any atom is -0.497 e. The van der Waals surface area contributed by atoms with Crippen molar-refractivity contribution in [3.63, 3.8) is 0 Å². The lowest BCUT2D eigenvalue weighted by Crippen LogP contribution is -2.25. The van der Waals surface area contributed by atoms with E-state index in [1.54, 1.807) is 19.2 Å². The molecule has 1 fully saturated rings. The number of rotatable bonds is 3. The minimum absolute atomic E-state index is 0.00879. The maximum absolute atomic E-state index is 13.9. The summed E-state index contributed by atoms with van der Waals surface area (Å²) in [6.07, 6.45) is -0.00447. The van der Waals surface area contributed by atoms with E-state index in [0.717, 1.165) is 11.3 Å². The zero-order valence-electron chi connectivity index (χ0n) is 12.7. The smallest absolute Gasteiger partial charge is 0.143 e. The minimum atomic E-state index is -0.546. The van der Waals surface area contributed by atoms with Gasteiger partial charge in [-0.25, -0.2) is 4.39 Å². The van der Waals surface area contributed by atoms with Gasteiger partial charge in [0.05, 0.1) is 24.9 Å². The summed E-state index contributed by atoms with van der Waals surface area (Å²) in [4.78, 5) is 1.89. The summed E-state index contributed by atoms with van der Waals surface area (Å²) in [5.41, 5.74) is 1.49. The molecule has 1 heterocycles. The van der Waals surface area contributed by atoms with Gasteiger partial charge in [-0.2, -0.15) is 5.26 Å². The summed E-state index contributed by atoms with van der Waals surface area (Å²) in [7, 11) is 1.60. The molecular formula is C18H17FN2O2. The Morgan fingerprint density at radius 2 is 2.09 bits per heavy atom. The number of anilines is 1. The first-order valence-electron chi connectivity index (χ1n) is 7.41. The fourth-order valence-electron chi connectivity index (χ4n) is 3.11. The zero-order chi connectivity index (χ0) is 16.4. The van der Waals surface area contributed by atoms with Crippen LogP contribution in [0.1, 0.15) is 23.6 Å². The number of hydrogen-bond donors (Lipinski definition) is 1. The SMILES string of the molecule is COc1cccc([C@H]2C[C@@H](O)CN2c2cccc(F)c2C#N)c1. The van der Waals surface area contributed by atoms with Crippen molar-refractivity contribution in [2.24, 2.45) is 0 Å². The molecule has 0 unspecified atom stereocenters. The molecule has 1 aliphatic heterocycles. The highest BCUT2D eigenvalue weighted by molar-refractivity contribution is 5.62. The number of aliphatic hydroxyl groups excluding tert-OH is 1. The number of aliphatic hydroxyl groups is 1. The molecule has 118 valence electrons. The number of hydrogen-bond acceptors (Lipinski definition) is 4. The Labute approximate surface area is 134 Å². The van der Waals surface area contributed by atoms with E-state index in [0.29, 0.717) is 18.7 Å². The van der Waals surface area contributed by atoms with E-state index in [9.17, 15) is 14.8 Å². The third-order valence-corrected chi connectivity index (χ3v) is 4.17. The van der Waals surface area contributed by atoms with Crippen LogP contribution >= 0.6 is 0 Å². The van der Waals surface area contributed by atoms with Crippen molar-refractivity contribution in [2.45, 2.75) is 18.6 Å². The number of halogens is 1. The van der Waals surface area contributed by atoms with Crippen LogP contribution in [0, 0.1) is 17.1 Å². The molecule has 0 aliphatic carbocycles. The molecule has 4 nitrogen and oxygen atoms in total. The molecule has 5 heteroatoms. The monoisotopic (exact) mass is 312 g/mol. The Morgan fingerprint density at radius 1 is 1.30 bits per heavy atom. The molecule has 2 atom stereocenters. The standard InChI is InChI=1S/C18H17FN2O2/c1-23-14-5-2-4-12(8-14)18-9-13(22)11-21(18)17-7-3-6-16(19)15(17)10-20/h2-8,13,18,22H,9,11H2,1H3/t13-,18-/m1/s1. The van der Waals surface area contributed by atoms with Crippen molar-refractivity contribution < 1.29 is 14.2 Å². The molecule has 1 N–H and O–H groups in total. The molecule has 0 bridgehead atoms. The van der Waals surface area contributed by atoms with Crippen molar-refractivity contribution in [1.29, 1.82) is 5.26 Å². The summed E-state index contributed by atoms with van der Waals surface area (Å²) in [5, 5.41) is 19.4. The van der Waals surface area contributed by atoms with E-state index in [1.807, 2.05) is 35.2 Å². The number of benzene rings is 2. The van der Waals surface area contributed by atoms with Crippen LogP contribution in [-0.2, 0) is 0 Å². The lowest BCUT2D eigenvalue weighted by Gasteiger charge is -2.28. The third kappa shape index (κ3) is 2.86. The molecule has 1 aliphatic rings. The molecule has 2 aromatic carbocycles. The highest BCUT2D eigenvalue weighted by Gasteiger charge is 2.34. The van der Waals surface area contributed by atoms with Gasteiger partial charge in [0, 0.05) is 6.54 Å². The summed E-state index contributed by atoms with van der Waals surface area (Å²) >= 11 is 0.